The molecule has 152 valence electrons. The Hall–Kier alpha value is -1.96. The Bertz CT molecular complexity index is 959. The van der Waals surface area contributed by atoms with E-state index in [-0.39, 0.29) is 10.5 Å². The number of rotatable bonds is 7. The zero-order chi connectivity index (χ0) is 20.3. The van der Waals surface area contributed by atoms with E-state index in [1.54, 1.807) is 0 Å². The maximum atomic E-state index is 12.8. The van der Waals surface area contributed by atoms with Crippen molar-refractivity contribution in [2.24, 2.45) is 0 Å². The van der Waals surface area contributed by atoms with Gasteiger partial charge in [0, 0.05) is 31.9 Å². The average Bonchev–Trinajstić information content (AvgIpc) is 3.19. The van der Waals surface area contributed by atoms with Crippen molar-refractivity contribution in [3.8, 4) is 0 Å². The molecule has 0 bridgehead atoms. The molecule has 0 aliphatic carbocycles. The Morgan fingerprint density at radius 3 is 2.29 bits per heavy atom. The summed E-state index contributed by atoms with van der Waals surface area (Å²) in [6.07, 6.45) is 3.24. The van der Waals surface area contributed by atoms with Crippen LogP contribution in [-0.4, -0.2) is 42.3 Å². The van der Waals surface area contributed by atoms with Gasteiger partial charge in [0.1, 0.15) is 0 Å². The van der Waals surface area contributed by atoms with Gasteiger partial charge < -0.3 is 4.57 Å². The van der Waals surface area contributed by atoms with Gasteiger partial charge in [0.2, 0.25) is 10.0 Å². The molecule has 0 saturated carbocycles. The normalized spacial score (nSPS) is 15.6. The van der Waals surface area contributed by atoms with Gasteiger partial charge >= 0.3 is 0 Å². The molecule has 0 radical (unpaired) electrons. The summed E-state index contributed by atoms with van der Waals surface area (Å²) in [7, 11) is -1.61. The van der Waals surface area contributed by atoms with Crippen molar-refractivity contribution < 1.29 is 8.42 Å². The highest BCUT2D eigenvalue weighted by Gasteiger charge is 2.27. The van der Waals surface area contributed by atoms with Crippen LogP contribution in [0.5, 0.6) is 0 Å². The predicted molar refractivity (Wildman–Crippen MR) is 111 cm³/mol. The Morgan fingerprint density at radius 1 is 1.04 bits per heavy atom. The zero-order valence-electron chi connectivity index (χ0n) is 16.8. The van der Waals surface area contributed by atoms with E-state index in [1.807, 2.05) is 11.9 Å². The van der Waals surface area contributed by atoms with E-state index >= 15 is 0 Å². The molecule has 3 rings (SSSR count). The maximum absolute atomic E-state index is 12.8. The third-order valence-electron chi connectivity index (χ3n) is 5.15. The lowest BCUT2D eigenvalue weighted by molar-refractivity contribution is 0.255. The van der Waals surface area contributed by atoms with E-state index in [4.69, 9.17) is 0 Å². The first-order valence-corrected chi connectivity index (χ1v) is 11.2. The number of pyridine rings is 1. The van der Waals surface area contributed by atoms with E-state index < -0.39 is 10.0 Å². The number of sulfonamides is 1. The molecule has 1 fully saturated rings. The number of hydrogen-bond acceptors (Lipinski definition) is 4. The molecule has 2 aromatic rings. The maximum Gasteiger partial charge on any atom is 0.251 e. The van der Waals surface area contributed by atoms with Gasteiger partial charge in [0.15, 0.2) is 0 Å². The monoisotopic (exact) mass is 403 g/mol. The first-order valence-electron chi connectivity index (χ1n) is 9.75. The molecule has 0 spiro atoms. The molecule has 0 amide bonds. The minimum atomic E-state index is -3.53. The van der Waals surface area contributed by atoms with Gasteiger partial charge in [-0.25, -0.2) is 8.42 Å². The van der Waals surface area contributed by atoms with Gasteiger partial charge in [-0.2, -0.15) is 4.31 Å². The van der Waals surface area contributed by atoms with Gasteiger partial charge in [-0.15, -0.1) is 0 Å². The summed E-state index contributed by atoms with van der Waals surface area (Å²) >= 11 is 0. The van der Waals surface area contributed by atoms with Crippen molar-refractivity contribution >= 4 is 10.0 Å². The van der Waals surface area contributed by atoms with Gasteiger partial charge in [0.05, 0.1) is 11.6 Å². The first-order chi connectivity index (χ1) is 13.3. The van der Waals surface area contributed by atoms with Crippen molar-refractivity contribution in [2.75, 3.05) is 20.1 Å². The number of hydrogen-bond donors (Lipinski definition) is 0. The fraction of sp³-hybridized carbons (Fsp3) is 0.476. The van der Waals surface area contributed by atoms with Gasteiger partial charge in [-0.1, -0.05) is 38.1 Å². The molecule has 1 saturated heterocycles. The van der Waals surface area contributed by atoms with Crippen LogP contribution in [-0.2, 0) is 23.2 Å². The van der Waals surface area contributed by atoms with E-state index in [1.165, 1.54) is 32.8 Å². The summed E-state index contributed by atoms with van der Waals surface area (Å²) < 4.78 is 28.5. The van der Waals surface area contributed by atoms with Crippen molar-refractivity contribution in [1.29, 1.82) is 0 Å². The fourth-order valence-electron chi connectivity index (χ4n) is 3.48. The summed E-state index contributed by atoms with van der Waals surface area (Å²) in [4.78, 5) is 14.4. The first kappa shape index (κ1) is 20.8. The molecule has 1 aromatic carbocycles. The van der Waals surface area contributed by atoms with Crippen LogP contribution in [0.25, 0.3) is 0 Å². The van der Waals surface area contributed by atoms with Crippen molar-refractivity contribution in [1.82, 2.24) is 13.8 Å². The van der Waals surface area contributed by atoms with Gasteiger partial charge in [0.25, 0.3) is 5.56 Å². The minimum absolute atomic E-state index is 0.184. The van der Waals surface area contributed by atoms with Crippen LogP contribution in [0.2, 0.25) is 0 Å². The predicted octanol–water partition coefficient (Wildman–Crippen LogP) is 2.85. The molecule has 1 aliphatic heterocycles. The SMILES string of the molecule is CC(C)c1ccc(CN(C)Cn2cc(S(=O)(=O)N3CCCC3)ccc2=O)cc1. The smallest absolute Gasteiger partial charge is 0.251 e. The Morgan fingerprint density at radius 2 is 1.68 bits per heavy atom. The van der Waals surface area contributed by atoms with E-state index in [2.05, 4.69) is 38.1 Å². The lowest BCUT2D eigenvalue weighted by Gasteiger charge is -2.20. The largest absolute Gasteiger partial charge is 0.301 e. The molecule has 1 aliphatic rings. The molecule has 28 heavy (non-hydrogen) atoms. The van der Waals surface area contributed by atoms with Crippen LogP contribution in [0, 0.1) is 0 Å². The van der Waals surface area contributed by atoms with Crippen molar-refractivity contribution in [2.45, 2.75) is 50.7 Å². The van der Waals surface area contributed by atoms with Crippen LogP contribution in [0.3, 0.4) is 0 Å². The van der Waals surface area contributed by atoms with Gasteiger partial charge in [-0.3, -0.25) is 9.69 Å². The number of nitrogens with zero attached hydrogens (tertiary/aromatic N) is 3. The third-order valence-corrected chi connectivity index (χ3v) is 7.03. The van der Waals surface area contributed by atoms with Crippen molar-refractivity contribution in [3.63, 3.8) is 0 Å². The highest BCUT2D eigenvalue weighted by atomic mass is 32.2. The Labute approximate surface area is 167 Å². The lowest BCUT2D eigenvalue weighted by atomic mass is 10.0. The molecular weight excluding hydrogens is 374 g/mol. The number of aromatic nitrogens is 1. The van der Waals surface area contributed by atoms with E-state index in [0.29, 0.717) is 32.2 Å². The summed E-state index contributed by atoms with van der Waals surface area (Å²) in [5.41, 5.74) is 2.24. The summed E-state index contributed by atoms with van der Waals surface area (Å²) in [5, 5.41) is 0. The molecule has 0 unspecified atom stereocenters. The molecule has 1 aromatic heterocycles. The minimum Gasteiger partial charge on any atom is -0.301 e. The fourth-order valence-corrected chi connectivity index (χ4v) is 5.02. The molecule has 0 N–H and O–H groups in total. The molecule has 2 heterocycles. The Kier molecular flexibility index (Phi) is 6.37. The van der Waals surface area contributed by atoms with E-state index in [0.717, 1.165) is 18.4 Å². The van der Waals surface area contributed by atoms with Gasteiger partial charge in [-0.05, 0) is 43.0 Å². The molecule has 6 nitrogen and oxygen atoms in total. The zero-order valence-corrected chi connectivity index (χ0v) is 17.7. The number of benzene rings is 1. The van der Waals surface area contributed by atoms with Crippen LogP contribution in [0.4, 0.5) is 0 Å². The third kappa shape index (κ3) is 4.71. The second kappa shape index (κ2) is 8.59. The van der Waals surface area contributed by atoms with Crippen LogP contribution < -0.4 is 5.56 Å². The topological polar surface area (TPSA) is 62.6 Å². The Balaban J connectivity index is 1.73. The highest BCUT2D eigenvalue weighted by molar-refractivity contribution is 7.89. The second-order valence-corrected chi connectivity index (χ2v) is 9.77. The molecule has 7 heteroatoms. The summed E-state index contributed by atoms with van der Waals surface area (Å²) in [5.74, 6) is 0.491. The summed E-state index contributed by atoms with van der Waals surface area (Å²) in [6.45, 7) is 6.43. The van der Waals surface area contributed by atoms with Crippen molar-refractivity contribution in [3.05, 3.63) is 64.1 Å². The quantitative estimate of drug-likeness (QED) is 0.713. The van der Waals surface area contributed by atoms with Crippen LogP contribution in [0.1, 0.15) is 43.7 Å². The second-order valence-electron chi connectivity index (χ2n) is 7.84. The molecule has 0 atom stereocenters. The lowest BCUT2D eigenvalue weighted by Crippen LogP contribution is -2.32. The standard InChI is InChI=1S/C21H29N3O3S/c1-17(2)19-8-6-18(7-9-19)14-22(3)16-23-15-20(10-11-21(23)25)28(26,27)24-12-4-5-13-24/h6-11,15,17H,4-5,12-14,16H2,1-3H3. The van der Waals surface area contributed by atoms with Crippen LogP contribution in [0.15, 0.2) is 52.3 Å². The average molecular weight is 404 g/mol. The van der Waals surface area contributed by atoms with Crippen LogP contribution >= 0.6 is 0 Å². The molecular formula is C21H29N3O3S. The highest BCUT2D eigenvalue weighted by Crippen LogP contribution is 2.20. The summed E-state index contributed by atoms with van der Waals surface area (Å²) in [6, 6.07) is 11.2. The van der Waals surface area contributed by atoms with E-state index in [9.17, 15) is 13.2 Å².